The number of pyridine rings is 1. The zero-order chi connectivity index (χ0) is 22.6. The van der Waals surface area contributed by atoms with E-state index in [1.165, 1.54) is 16.1 Å². The molecule has 0 bridgehead atoms. The van der Waals surface area contributed by atoms with Gasteiger partial charge in [-0.25, -0.2) is 8.42 Å². The minimum absolute atomic E-state index is 0.00469. The number of benzene rings is 1. The number of aromatic nitrogens is 1. The number of hydrogen-bond acceptors (Lipinski definition) is 4. The number of carbonyl (C=O) groups is 1. The number of nitrogens with one attached hydrogen (secondary N) is 1. The maximum absolute atomic E-state index is 13.0. The van der Waals surface area contributed by atoms with Crippen molar-refractivity contribution < 1.29 is 13.2 Å². The second-order valence-corrected chi connectivity index (χ2v) is 10.9. The zero-order valence-electron chi connectivity index (χ0n) is 18.8. The fraction of sp³-hybridized carbons (Fsp3) is 0.500. The minimum Gasteiger partial charge on any atom is -0.349 e. The van der Waals surface area contributed by atoms with Crippen LogP contribution in [0.4, 0.5) is 0 Å². The molecule has 3 rings (SSSR count). The van der Waals surface area contributed by atoms with Crippen LogP contribution in [0.15, 0.2) is 53.7 Å². The molecule has 1 unspecified atom stereocenters. The summed E-state index contributed by atoms with van der Waals surface area (Å²) in [7, 11) is -3.56. The lowest BCUT2D eigenvalue weighted by Gasteiger charge is -2.32. The Morgan fingerprint density at radius 3 is 2.16 bits per heavy atom. The third-order valence-electron chi connectivity index (χ3n) is 6.02. The van der Waals surface area contributed by atoms with Crippen molar-refractivity contribution in [3.8, 4) is 0 Å². The SMILES string of the molecule is CC(C)c1ccc(C(NC(=O)C2CCN(S(=O)(=O)c3cccnc3)CC2)C(C)C)cc1. The van der Waals surface area contributed by atoms with Crippen molar-refractivity contribution in [1.29, 1.82) is 0 Å². The quantitative estimate of drug-likeness (QED) is 0.698. The van der Waals surface area contributed by atoms with Gasteiger partial charge in [-0.3, -0.25) is 9.78 Å². The van der Waals surface area contributed by atoms with Crippen LogP contribution < -0.4 is 5.32 Å². The van der Waals surface area contributed by atoms with Crippen molar-refractivity contribution >= 4 is 15.9 Å². The summed E-state index contributed by atoms with van der Waals surface area (Å²) in [4.78, 5) is 17.1. The summed E-state index contributed by atoms with van der Waals surface area (Å²) in [6.07, 6.45) is 3.95. The normalized spacial score (nSPS) is 17.1. The first-order valence-corrected chi connectivity index (χ1v) is 12.4. The van der Waals surface area contributed by atoms with E-state index in [9.17, 15) is 13.2 Å². The molecule has 31 heavy (non-hydrogen) atoms. The Bertz CT molecular complexity index is 965. The van der Waals surface area contributed by atoms with Crippen molar-refractivity contribution in [2.75, 3.05) is 13.1 Å². The largest absolute Gasteiger partial charge is 0.349 e. The van der Waals surface area contributed by atoms with Crippen molar-refractivity contribution in [3.05, 3.63) is 59.9 Å². The number of rotatable bonds is 7. The number of carbonyl (C=O) groups excluding carboxylic acids is 1. The Balaban J connectivity index is 1.63. The summed E-state index contributed by atoms with van der Waals surface area (Å²) in [6, 6.07) is 11.6. The summed E-state index contributed by atoms with van der Waals surface area (Å²) in [5.41, 5.74) is 2.38. The first kappa shape index (κ1) is 23.4. The second kappa shape index (κ2) is 9.92. The number of sulfonamides is 1. The van der Waals surface area contributed by atoms with Crippen molar-refractivity contribution in [3.63, 3.8) is 0 Å². The Labute approximate surface area is 186 Å². The molecule has 6 nitrogen and oxygen atoms in total. The number of nitrogens with zero attached hydrogens (tertiary/aromatic N) is 2. The molecule has 2 aromatic rings. The smallest absolute Gasteiger partial charge is 0.244 e. The van der Waals surface area contributed by atoms with Crippen LogP contribution in [0.5, 0.6) is 0 Å². The van der Waals surface area contributed by atoms with Crippen molar-refractivity contribution in [2.45, 2.75) is 57.4 Å². The summed E-state index contributed by atoms with van der Waals surface area (Å²) >= 11 is 0. The van der Waals surface area contributed by atoms with Gasteiger partial charge in [0, 0.05) is 31.4 Å². The van der Waals surface area contributed by atoms with E-state index >= 15 is 0 Å². The van der Waals surface area contributed by atoms with Crippen molar-refractivity contribution in [2.24, 2.45) is 11.8 Å². The molecular weight excluding hydrogens is 410 g/mol. The van der Waals surface area contributed by atoms with E-state index in [2.05, 4.69) is 62.3 Å². The van der Waals surface area contributed by atoms with Gasteiger partial charge >= 0.3 is 0 Å². The van der Waals surface area contributed by atoms with Crippen LogP contribution in [0.2, 0.25) is 0 Å². The molecule has 0 aliphatic carbocycles. The van der Waals surface area contributed by atoms with Crippen LogP contribution in [0.3, 0.4) is 0 Å². The van der Waals surface area contributed by atoms with E-state index in [4.69, 9.17) is 0 Å². The lowest BCUT2D eigenvalue weighted by molar-refractivity contribution is -0.127. The predicted molar refractivity (Wildman–Crippen MR) is 122 cm³/mol. The summed E-state index contributed by atoms with van der Waals surface area (Å²) in [5, 5.41) is 3.22. The molecule has 1 amide bonds. The number of amides is 1. The standard InChI is InChI=1S/C24H33N3O3S/c1-17(2)19-7-9-20(10-8-19)23(18(3)4)26-24(28)21-11-14-27(15-12-21)31(29,30)22-6-5-13-25-16-22/h5-10,13,16-18,21,23H,11-12,14-15H2,1-4H3,(H,26,28). The van der Waals surface area contributed by atoms with Gasteiger partial charge in [-0.2, -0.15) is 4.31 Å². The first-order valence-electron chi connectivity index (χ1n) is 11.0. The molecular formula is C24H33N3O3S. The highest BCUT2D eigenvalue weighted by Crippen LogP contribution is 2.27. The highest BCUT2D eigenvalue weighted by atomic mass is 32.2. The van der Waals surface area contributed by atoms with Gasteiger partial charge in [0.25, 0.3) is 0 Å². The van der Waals surface area contributed by atoms with Gasteiger partial charge in [0.2, 0.25) is 15.9 Å². The van der Waals surface area contributed by atoms with Gasteiger partial charge in [-0.1, -0.05) is 52.0 Å². The van der Waals surface area contributed by atoms with Crippen LogP contribution in [-0.4, -0.2) is 36.7 Å². The van der Waals surface area contributed by atoms with Gasteiger partial charge in [0.05, 0.1) is 6.04 Å². The van der Waals surface area contributed by atoms with E-state index in [0.717, 1.165) is 5.56 Å². The predicted octanol–water partition coefficient (Wildman–Crippen LogP) is 4.12. The van der Waals surface area contributed by atoms with Crippen LogP contribution in [0.25, 0.3) is 0 Å². The van der Waals surface area contributed by atoms with Gasteiger partial charge in [0.1, 0.15) is 4.90 Å². The first-order chi connectivity index (χ1) is 14.7. The molecule has 0 radical (unpaired) electrons. The lowest BCUT2D eigenvalue weighted by atomic mass is 9.91. The second-order valence-electron chi connectivity index (χ2n) is 8.92. The van der Waals surface area contributed by atoms with Crippen LogP contribution in [-0.2, 0) is 14.8 Å². The zero-order valence-corrected chi connectivity index (χ0v) is 19.6. The Morgan fingerprint density at radius 2 is 1.65 bits per heavy atom. The molecule has 168 valence electrons. The molecule has 7 heteroatoms. The third kappa shape index (κ3) is 5.52. The molecule has 1 aromatic heterocycles. The lowest BCUT2D eigenvalue weighted by Crippen LogP contribution is -2.44. The van der Waals surface area contributed by atoms with Crippen molar-refractivity contribution in [1.82, 2.24) is 14.6 Å². The van der Waals surface area contributed by atoms with Gasteiger partial charge in [-0.05, 0) is 47.9 Å². The van der Waals surface area contributed by atoms with E-state index in [-0.39, 0.29) is 28.7 Å². The average Bonchev–Trinajstić information content (AvgIpc) is 2.78. The maximum Gasteiger partial charge on any atom is 0.244 e. The van der Waals surface area contributed by atoms with E-state index in [0.29, 0.717) is 31.8 Å². The molecule has 1 fully saturated rings. The highest BCUT2D eigenvalue weighted by Gasteiger charge is 2.33. The molecule has 0 spiro atoms. The molecule has 0 saturated carbocycles. The molecule has 2 heterocycles. The Morgan fingerprint density at radius 1 is 1.03 bits per heavy atom. The topological polar surface area (TPSA) is 79.4 Å². The van der Waals surface area contributed by atoms with Gasteiger partial charge < -0.3 is 5.32 Å². The summed E-state index contributed by atoms with van der Waals surface area (Å²) in [6.45, 7) is 9.21. The van der Waals surface area contributed by atoms with E-state index < -0.39 is 10.0 Å². The Hall–Kier alpha value is -2.25. The van der Waals surface area contributed by atoms with E-state index in [1.54, 1.807) is 18.3 Å². The molecule has 1 atom stereocenters. The van der Waals surface area contributed by atoms with Crippen LogP contribution >= 0.6 is 0 Å². The van der Waals surface area contributed by atoms with Crippen LogP contribution in [0, 0.1) is 11.8 Å². The molecule has 1 aliphatic rings. The highest BCUT2D eigenvalue weighted by molar-refractivity contribution is 7.89. The fourth-order valence-corrected chi connectivity index (χ4v) is 5.44. The molecule has 1 N–H and O–H groups in total. The molecule has 1 aromatic carbocycles. The Kier molecular flexibility index (Phi) is 7.49. The van der Waals surface area contributed by atoms with Crippen LogP contribution in [0.1, 0.15) is 63.6 Å². The molecule has 1 saturated heterocycles. The van der Waals surface area contributed by atoms with E-state index in [1.807, 2.05) is 0 Å². The summed E-state index contributed by atoms with van der Waals surface area (Å²) < 4.78 is 27.0. The van der Waals surface area contributed by atoms with Gasteiger partial charge in [-0.15, -0.1) is 0 Å². The minimum atomic E-state index is -3.56. The molecule has 1 aliphatic heterocycles. The monoisotopic (exact) mass is 443 g/mol. The maximum atomic E-state index is 13.0. The third-order valence-corrected chi connectivity index (χ3v) is 7.91. The summed E-state index contributed by atoms with van der Waals surface area (Å²) in [5.74, 6) is 0.538. The number of hydrogen-bond donors (Lipinski definition) is 1. The number of piperidine rings is 1. The average molecular weight is 444 g/mol. The fourth-order valence-electron chi connectivity index (χ4n) is 4.00. The van der Waals surface area contributed by atoms with Gasteiger partial charge in [0.15, 0.2) is 0 Å².